The molecule has 0 spiro atoms. The number of carbonyl (C=O) groups is 3. The van der Waals surface area contributed by atoms with E-state index >= 15 is 0 Å². The lowest BCUT2D eigenvalue weighted by molar-refractivity contribution is -0.124. The molecule has 2 aliphatic heterocycles. The number of halogens is 1. The largest absolute Gasteiger partial charge is 0.452 e. The van der Waals surface area contributed by atoms with Crippen molar-refractivity contribution in [2.24, 2.45) is 0 Å². The molecule has 0 aromatic heterocycles. The Bertz CT molecular complexity index is 703. The summed E-state index contributed by atoms with van der Waals surface area (Å²) in [6, 6.07) is 4.59. The van der Waals surface area contributed by atoms with Crippen molar-refractivity contribution in [1.82, 2.24) is 5.32 Å². The molecule has 0 unspecified atom stereocenters. The van der Waals surface area contributed by atoms with Crippen LogP contribution in [0, 0.1) is 0 Å². The molecule has 2 fully saturated rings. The van der Waals surface area contributed by atoms with Crippen LogP contribution in [0.3, 0.4) is 0 Å². The number of ether oxygens (including phenoxy) is 2. The predicted molar refractivity (Wildman–Crippen MR) is 95.3 cm³/mol. The van der Waals surface area contributed by atoms with Gasteiger partial charge < -0.3 is 19.7 Å². The van der Waals surface area contributed by atoms with Gasteiger partial charge in [-0.25, -0.2) is 4.79 Å². The third-order valence-corrected chi connectivity index (χ3v) is 4.75. The van der Waals surface area contributed by atoms with Gasteiger partial charge in [-0.1, -0.05) is 11.6 Å². The lowest BCUT2D eigenvalue weighted by Crippen LogP contribution is -2.34. The van der Waals surface area contributed by atoms with Gasteiger partial charge in [-0.3, -0.25) is 9.59 Å². The van der Waals surface area contributed by atoms with E-state index in [0.29, 0.717) is 36.8 Å². The van der Waals surface area contributed by atoms with E-state index < -0.39 is 5.97 Å². The molecule has 1 atom stereocenters. The maximum Gasteiger partial charge on any atom is 0.338 e. The molecule has 140 valence electrons. The first-order valence-electron chi connectivity index (χ1n) is 8.70. The van der Waals surface area contributed by atoms with E-state index in [9.17, 15) is 14.4 Å². The van der Waals surface area contributed by atoms with Crippen LogP contribution in [-0.2, 0) is 19.1 Å². The maximum atomic E-state index is 12.2. The number of nitrogens with zero attached hydrogens (tertiary/aromatic N) is 1. The van der Waals surface area contributed by atoms with Crippen LogP contribution in [0.1, 0.15) is 36.0 Å². The number of hydrogen-bond donors (Lipinski definition) is 1. The molecule has 8 heteroatoms. The van der Waals surface area contributed by atoms with Crippen LogP contribution in [0.25, 0.3) is 0 Å². The van der Waals surface area contributed by atoms with Crippen LogP contribution in [0.5, 0.6) is 0 Å². The summed E-state index contributed by atoms with van der Waals surface area (Å²) in [5.41, 5.74) is 0.738. The minimum absolute atomic E-state index is 0.0223. The number of esters is 1. The molecule has 7 nitrogen and oxygen atoms in total. The Balaban J connectivity index is 1.54. The first kappa shape index (κ1) is 18.7. The Hall–Kier alpha value is -2.12. The summed E-state index contributed by atoms with van der Waals surface area (Å²) in [4.78, 5) is 37.4. The molecule has 2 amide bonds. The summed E-state index contributed by atoms with van der Waals surface area (Å²) < 4.78 is 10.5. The van der Waals surface area contributed by atoms with Crippen molar-refractivity contribution in [2.75, 3.05) is 31.2 Å². The summed E-state index contributed by atoms with van der Waals surface area (Å²) in [5.74, 6) is -1.04. The minimum Gasteiger partial charge on any atom is -0.452 e. The van der Waals surface area contributed by atoms with E-state index in [0.717, 1.165) is 19.3 Å². The van der Waals surface area contributed by atoms with Crippen molar-refractivity contribution in [2.45, 2.75) is 31.8 Å². The molecule has 1 N–H and O–H groups in total. The van der Waals surface area contributed by atoms with E-state index in [1.807, 2.05) is 0 Å². The molecule has 2 heterocycles. The van der Waals surface area contributed by atoms with Crippen LogP contribution >= 0.6 is 11.6 Å². The highest BCUT2D eigenvalue weighted by atomic mass is 35.5. The standard InChI is InChI=1S/C18H21ClN2O5/c19-14-6-5-12(9-15(14)21-7-1-4-17(21)23)18(24)26-11-16(22)20-10-13-3-2-8-25-13/h5-6,9,13H,1-4,7-8,10-11H2,(H,20,22)/t13-/m1/s1. The number of amides is 2. The highest BCUT2D eigenvalue weighted by Crippen LogP contribution is 2.30. The lowest BCUT2D eigenvalue weighted by Gasteiger charge is -2.18. The Kier molecular flexibility index (Phi) is 6.11. The van der Waals surface area contributed by atoms with E-state index in [4.69, 9.17) is 21.1 Å². The quantitative estimate of drug-likeness (QED) is 0.762. The van der Waals surface area contributed by atoms with E-state index in [1.54, 1.807) is 11.0 Å². The Morgan fingerprint density at radius 1 is 1.35 bits per heavy atom. The predicted octanol–water partition coefficient (Wildman–Crippen LogP) is 1.92. The van der Waals surface area contributed by atoms with Crippen LogP contribution in [0.2, 0.25) is 5.02 Å². The maximum absolute atomic E-state index is 12.2. The normalized spacial score (nSPS) is 19.7. The minimum atomic E-state index is -0.637. The van der Waals surface area contributed by atoms with Gasteiger partial charge in [0.2, 0.25) is 5.91 Å². The SMILES string of the molecule is O=C(COC(=O)c1ccc(Cl)c(N2CCCC2=O)c1)NC[C@H]1CCCO1. The fraction of sp³-hybridized carbons (Fsp3) is 0.500. The molecule has 26 heavy (non-hydrogen) atoms. The van der Waals surface area contributed by atoms with Gasteiger partial charge in [0.05, 0.1) is 22.4 Å². The average Bonchev–Trinajstić information content (AvgIpc) is 3.30. The molecular formula is C18H21ClN2O5. The van der Waals surface area contributed by atoms with Gasteiger partial charge in [-0.15, -0.1) is 0 Å². The molecule has 0 radical (unpaired) electrons. The summed E-state index contributed by atoms with van der Waals surface area (Å²) >= 11 is 6.16. The van der Waals surface area contributed by atoms with Crippen molar-refractivity contribution in [3.63, 3.8) is 0 Å². The molecule has 2 aliphatic rings. The smallest absolute Gasteiger partial charge is 0.338 e. The van der Waals surface area contributed by atoms with E-state index in [2.05, 4.69) is 5.32 Å². The van der Waals surface area contributed by atoms with Gasteiger partial charge in [-0.2, -0.15) is 0 Å². The van der Waals surface area contributed by atoms with Crippen molar-refractivity contribution < 1.29 is 23.9 Å². The molecule has 1 aromatic rings. The summed E-state index contributed by atoms with van der Waals surface area (Å²) in [7, 11) is 0. The van der Waals surface area contributed by atoms with Crippen LogP contribution in [0.4, 0.5) is 5.69 Å². The topological polar surface area (TPSA) is 84.9 Å². The van der Waals surface area contributed by atoms with Crippen LogP contribution in [-0.4, -0.2) is 50.2 Å². The highest BCUT2D eigenvalue weighted by molar-refractivity contribution is 6.34. The summed E-state index contributed by atoms with van der Waals surface area (Å²) in [6.45, 7) is 1.33. The van der Waals surface area contributed by atoms with Crippen molar-refractivity contribution in [3.8, 4) is 0 Å². The summed E-state index contributed by atoms with van der Waals surface area (Å²) in [5, 5.41) is 3.08. The van der Waals surface area contributed by atoms with E-state index in [1.165, 1.54) is 12.1 Å². The fourth-order valence-corrected chi connectivity index (χ4v) is 3.27. The molecule has 2 saturated heterocycles. The zero-order chi connectivity index (χ0) is 18.5. The third-order valence-electron chi connectivity index (χ3n) is 4.43. The van der Waals surface area contributed by atoms with Gasteiger partial charge >= 0.3 is 5.97 Å². The Morgan fingerprint density at radius 2 is 2.19 bits per heavy atom. The van der Waals surface area contributed by atoms with Crippen LogP contribution in [0.15, 0.2) is 18.2 Å². The molecular weight excluding hydrogens is 360 g/mol. The molecule has 1 aromatic carbocycles. The zero-order valence-corrected chi connectivity index (χ0v) is 15.1. The molecule has 0 saturated carbocycles. The Morgan fingerprint density at radius 3 is 2.88 bits per heavy atom. The second-order valence-electron chi connectivity index (χ2n) is 6.33. The molecule has 3 rings (SSSR count). The number of rotatable bonds is 6. The Labute approximate surface area is 156 Å². The number of carbonyl (C=O) groups excluding carboxylic acids is 3. The number of anilines is 1. The highest BCUT2D eigenvalue weighted by Gasteiger charge is 2.25. The number of hydrogen-bond acceptors (Lipinski definition) is 5. The van der Waals surface area contributed by atoms with Gasteiger partial charge in [0.25, 0.3) is 5.91 Å². The van der Waals surface area contributed by atoms with Gasteiger partial charge in [-0.05, 0) is 37.5 Å². The van der Waals surface area contributed by atoms with E-state index in [-0.39, 0.29) is 30.1 Å². The first-order chi connectivity index (χ1) is 12.5. The number of benzene rings is 1. The second kappa shape index (κ2) is 8.51. The second-order valence-corrected chi connectivity index (χ2v) is 6.74. The first-order valence-corrected chi connectivity index (χ1v) is 9.08. The third kappa shape index (κ3) is 4.53. The van der Waals surface area contributed by atoms with Crippen molar-refractivity contribution in [1.29, 1.82) is 0 Å². The molecule has 0 bridgehead atoms. The molecule has 0 aliphatic carbocycles. The zero-order valence-electron chi connectivity index (χ0n) is 14.3. The monoisotopic (exact) mass is 380 g/mol. The fourth-order valence-electron chi connectivity index (χ4n) is 3.05. The van der Waals surface area contributed by atoms with Crippen LogP contribution < -0.4 is 10.2 Å². The van der Waals surface area contributed by atoms with Gasteiger partial charge in [0.1, 0.15) is 0 Å². The van der Waals surface area contributed by atoms with Crippen molar-refractivity contribution in [3.05, 3.63) is 28.8 Å². The number of nitrogens with one attached hydrogen (secondary N) is 1. The van der Waals surface area contributed by atoms with Gasteiger partial charge in [0, 0.05) is 26.1 Å². The van der Waals surface area contributed by atoms with Crippen molar-refractivity contribution >= 4 is 35.1 Å². The average molecular weight is 381 g/mol. The van der Waals surface area contributed by atoms with Gasteiger partial charge in [0.15, 0.2) is 6.61 Å². The summed E-state index contributed by atoms with van der Waals surface area (Å²) in [6.07, 6.45) is 3.17. The lowest BCUT2D eigenvalue weighted by atomic mass is 10.2.